The van der Waals surface area contributed by atoms with Crippen LogP contribution in [0.4, 0.5) is 0 Å². The Hall–Kier alpha value is -1.55. The number of aromatic hydroxyl groups is 1. The number of hydrogen-bond acceptors (Lipinski definition) is 3. The number of aliphatic hydroxyl groups excluding tert-OH is 1. The number of hydrogen-bond donors (Lipinski definition) is 3. The van der Waals surface area contributed by atoms with Gasteiger partial charge < -0.3 is 15.5 Å². The first kappa shape index (κ1) is 13.5. The molecule has 1 aromatic rings. The van der Waals surface area contributed by atoms with E-state index in [9.17, 15) is 15.0 Å². The fourth-order valence-electron chi connectivity index (χ4n) is 1.38. The van der Waals surface area contributed by atoms with E-state index in [4.69, 9.17) is 0 Å². The average molecular weight is 237 g/mol. The van der Waals surface area contributed by atoms with Crippen molar-refractivity contribution in [3.63, 3.8) is 0 Å². The van der Waals surface area contributed by atoms with Gasteiger partial charge in [-0.1, -0.05) is 6.92 Å². The monoisotopic (exact) mass is 237 g/mol. The second-order valence-electron chi connectivity index (χ2n) is 4.53. The molecule has 0 saturated heterocycles. The molecule has 4 heteroatoms. The van der Waals surface area contributed by atoms with E-state index in [2.05, 4.69) is 5.32 Å². The summed E-state index contributed by atoms with van der Waals surface area (Å²) < 4.78 is 0. The highest BCUT2D eigenvalue weighted by Crippen LogP contribution is 2.18. The van der Waals surface area contributed by atoms with Crippen LogP contribution in [0.5, 0.6) is 5.75 Å². The SMILES string of the molecule is CCC(C)(CO)NC(=O)c1ccc(O)c(C)c1. The number of rotatable bonds is 4. The third kappa shape index (κ3) is 3.20. The molecule has 4 nitrogen and oxygen atoms in total. The van der Waals surface area contributed by atoms with Crippen LogP contribution in [0.25, 0.3) is 0 Å². The number of aliphatic hydroxyl groups is 1. The number of aryl methyl sites for hydroxylation is 1. The van der Waals surface area contributed by atoms with Crippen molar-refractivity contribution in [2.75, 3.05) is 6.61 Å². The van der Waals surface area contributed by atoms with Crippen LogP contribution in [0, 0.1) is 6.92 Å². The molecule has 0 aliphatic heterocycles. The fraction of sp³-hybridized carbons (Fsp3) is 0.462. The Balaban J connectivity index is 2.86. The zero-order valence-corrected chi connectivity index (χ0v) is 10.4. The van der Waals surface area contributed by atoms with E-state index in [1.165, 1.54) is 6.07 Å². The Morgan fingerprint density at radius 1 is 1.47 bits per heavy atom. The molecule has 0 heterocycles. The van der Waals surface area contributed by atoms with Gasteiger partial charge in [0.15, 0.2) is 0 Å². The topological polar surface area (TPSA) is 69.6 Å². The largest absolute Gasteiger partial charge is 0.508 e. The number of amides is 1. The van der Waals surface area contributed by atoms with Crippen LogP contribution >= 0.6 is 0 Å². The summed E-state index contributed by atoms with van der Waals surface area (Å²) in [6.45, 7) is 5.32. The van der Waals surface area contributed by atoms with Crippen LogP contribution in [0.3, 0.4) is 0 Å². The van der Waals surface area contributed by atoms with E-state index < -0.39 is 5.54 Å². The van der Waals surface area contributed by atoms with Gasteiger partial charge in [-0.3, -0.25) is 4.79 Å². The maximum atomic E-state index is 11.9. The van der Waals surface area contributed by atoms with Gasteiger partial charge in [-0.15, -0.1) is 0 Å². The number of carbonyl (C=O) groups is 1. The normalized spacial score (nSPS) is 14.1. The van der Waals surface area contributed by atoms with Gasteiger partial charge >= 0.3 is 0 Å². The summed E-state index contributed by atoms with van der Waals surface area (Å²) >= 11 is 0. The molecule has 0 spiro atoms. The van der Waals surface area contributed by atoms with Crippen LogP contribution in [0.2, 0.25) is 0 Å². The third-order valence-corrected chi connectivity index (χ3v) is 3.00. The summed E-state index contributed by atoms with van der Waals surface area (Å²) in [6.07, 6.45) is 0.645. The quantitative estimate of drug-likeness (QED) is 0.744. The minimum Gasteiger partial charge on any atom is -0.508 e. The average Bonchev–Trinajstić information content (AvgIpc) is 2.32. The number of phenolic OH excluding ortho intramolecular Hbond substituents is 1. The highest BCUT2D eigenvalue weighted by Gasteiger charge is 2.23. The molecule has 1 rings (SSSR count). The summed E-state index contributed by atoms with van der Waals surface area (Å²) in [5, 5.41) is 21.4. The summed E-state index contributed by atoms with van der Waals surface area (Å²) in [6, 6.07) is 4.68. The van der Waals surface area contributed by atoms with Crippen LogP contribution in [0.1, 0.15) is 36.2 Å². The van der Waals surface area contributed by atoms with Crippen molar-refractivity contribution < 1.29 is 15.0 Å². The van der Waals surface area contributed by atoms with Gasteiger partial charge in [-0.25, -0.2) is 0 Å². The summed E-state index contributed by atoms with van der Waals surface area (Å²) in [7, 11) is 0. The van der Waals surface area contributed by atoms with E-state index in [0.717, 1.165) is 0 Å². The van der Waals surface area contributed by atoms with Crippen LogP contribution in [-0.2, 0) is 0 Å². The highest BCUT2D eigenvalue weighted by molar-refractivity contribution is 5.95. The lowest BCUT2D eigenvalue weighted by Gasteiger charge is -2.27. The van der Waals surface area contributed by atoms with Gasteiger partial charge in [-0.05, 0) is 44.0 Å². The van der Waals surface area contributed by atoms with Gasteiger partial charge in [-0.2, -0.15) is 0 Å². The lowest BCUT2D eigenvalue weighted by atomic mass is 9.99. The molecule has 0 aliphatic carbocycles. The molecule has 0 aliphatic rings. The van der Waals surface area contributed by atoms with Crippen molar-refractivity contribution in [2.45, 2.75) is 32.7 Å². The van der Waals surface area contributed by atoms with Crippen molar-refractivity contribution in [3.05, 3.63) is 29.3 Å². The Morgan fingerprint density at radius 2 is 2.12 bits per heavy atom. The zero-order chi connectivity index (χ0) is 13.1. The molecule has 17 heavy (non-hydrogen) atoms. The van der Waals surface area contributed by atoms with Crippen LogP contribution in [0.15, 0.2) is 18.2 Å². The molecule has 0 fully saturated rings. The lowest BCUT2D eigenvalue weighted by Crippen LogP contribution is -2.48. The Labute approximate surface area is 101 Å². The van der Waals surface area contributed by atoms with Gasteiger partial charge in [0.25, 0.3) is 5.91 Å². The molecule has 1 unspecified atom stereocenters. The smallest absolute Gasteiger partial charge is 0.251 e. The lowest BCUT2D eigenvalue weighted by molar-refractivity contribution is 0.0847. The first-order valence-electron chi connectivity index (χ1n) is 5.65. The Bertz CT molecular complexity index is 411. The first-order chi connectivity index (χ1) is 7.91. The molecule has 1 atom stereocenters. The first-order valence-corrected chi connectivity index (χ1v) is 5.65. The minimum absolute atomic E-state index is 0.105. The zero-order valence-electron chi connectivity index (χ0n) is 10.4. The second kappa shape index (κ2) is 5.19. The minimum atomic E-state index is -0.608. The van der Waals surface area contributed by atoms with Crippen LogP contribution < -0.4 is 5.32 Å². The van der Waals surface area contributed by atoms with E-state index >= 15 is 0 Å². The Morgan fingerprint density at radius 3 is 2.59 bits per heavy atom. The number of phenols is 1. The molecule has 0 saturated carbocycles. The van der Waals surface area contributed by atoms with E-state index in [0.29, 0.717) is 17.5 Å². The standard InChI is InChI=1S/C13H19NO3/c1-4-13(3,8-15)14-12(17)10-5-6-11(16)9(2)7-10/h5-7,15-16H,4,8H2,1-3H3,(H,14,17). The molecule has 3 N–H and O–H groups in total. The molecule has 0 bridgehead atoms. The Kier molecular flexibility index (Phi) is 4.12. The fourth-order valence-corrected chi connectivity index (χ4v) is 1.38. The van der Waals surface area contributed by atoms with Crippen molar-refractivity contribution in [1.82, 2.24) is 5.32 Å². The molecular weight excluding hydrogens is 218 g/mol. The molecule has 0 radical (unpaired) electrons. The molecule has 94 valence electrons. The van der Waals surface area contributed by atoms with E-state index in [1.807, 2.05) is 6.92 Å². The maximum absolute atomic E-state index is 11.9. The summed E-state index contributed by atoms with van der Waals surface area (Å²) in [5.41, 5.74) is 0.524. The third-order valence-electron chi connectivity index (χ3n) is 3.00. The predicted octanol–water partition coefficient (Wildman–Crippen LogP) is 1.59. The van der Waals surface area contributed by atoms with Gasteiger partial charge in [0, 0.05) is 5.56 Å². The summed E-state index contributed by atoms with van der Waals surface area (Å²) in [4.78, 5) is 11.9. The predicted molar refractivity (Wildman–Crippen MR) is 66.1 cm³/mol. The van der Waals surface area contributed by atoms with Crippen molar-refractivity contribution in [2.24, 2.45) is 0 Å². The molecule has 1 amide bonds. The van der Waals surface area contributed by atoms with Crippen molar-refractivity contribution in [1.29, 1.82) is 0 Å². The molecule has 0 aromatic heterocycles. The maximum Gasteiger partial charge on any atom is 0.251 e. The molecule has 1 aromatic carbocycles. The van der Waals surface area contributed by atoms with Gasteiger partial charge in [0.05, 0.1) is 12.1 Å². The van der Waals surface area contributed by atoms with Crippen molar-refractivity contribution in [3.8, 4) is 5.75 Å². The number of nitrogens with one attached hydrogen (secondary N) is 1. The van der Waals surface area contributed by atoms with E-state index in [1.54, 1.807) is 26.0 Å². The van der Waals surface area contributed by atoms with E-state index in [-0.39, 0.29) is 18.3 Å². The van der Waals surface area contributed by atoms with Crippen LogP contribution in [-0.4, -0.2) is 28.3 Å². The number of benzene rings is 1. The summed E-state index contributed by atoms with van der Waals surface area (Å²) in [5.74, 6) is -0.0755. The van der Waals surface area contributed by atoms with Crippen molar-refractivity contribution >= 4 is 5.91 Å². The second-order valence-corrected chi connectivity index (χ2v) is 4.53. The van der Waals surface area contributed by atoms with Gasteiger partial charge in [0.2, 0.25) is 0 Å². The highest BCUT2D eigenvalue weighted by atomic mass is 16.3. The molecular formula is C13H19NO3. The van der Waals surface area contributed by atoms with Gasteiger partial charge in [0.1, 0.15) is 5.75 Å². The number of carbonyl (C=O) groups excluding carboxylic acids is 1.